The molecule has 0 unspecified atom stereocenters. The van der Waals surface area contributed by atoms with Gasteiger partial charge in [0.2, 0.25) is 0 Å². The summed E-state index contributed by atoms with van der Waals surface area (Å²) < 4.78 is 5.02. The fourth-order valence-corrected chi connectivity index (χ4v) is 1.39. The fraction of sp³-hybridized carbons (Fsp3) is 0.100. The second-order valence-electron chi connectivity index (χ2n) is 2.93. The Hall–Kier alpha value is -1.35. The Labute approximate surface area is 81.2 Å². The standard InChI is InChI=1S/C10H9NOS/c1-7-3-2-4-8(5-7)9-6-12-10(13)11-9/h2-6H,1H3,(H,11,13). The van der Waals surface area contributed by atoms with E-state index >= 15 is 0 Å². The molecule has 2 nitrogen and oxygen atoms in total. The minimum absolute atomic E-state index is 0.413. The van der Waals surface area contributed by atoms with E-state index in [1.165, 1.54) is 5.56 Å². The lowest BCUT2D eigenvalue weighted by Gasteiger charge is -1.96. The summed E-state index contributed by atoms with van der Waals surface area (Å²) in [5.41, 5.74) is 3.24. The Morgan fingerprint density at radius 3 is 2.85 bits per heavy atom. The molecule has 2 aromatic rings. The minimum atomic E-state index is 0.413. The third-order valence-corrected chi connectivity index (χ3v) is 2.05. The van der Waals surface area contributed by atoms with E-state index in [4.69, 9.17) is 16.6 Å². The molecule has 0 saturated heterocycles. The van der Waals surface area contributed by atoms with Gasteiger partial charge in [-0.2, -0.15) is 0 Å². The SMILES string of the molecule is Cc1cccc(-c2coc(=S)[nH]2)c1. The van der Waals surface area contributed by atoms with Crippen LogP contribution < -0.4 is 0 Å². The predicted octanol–water partition coefficient (Wildman–Crippen LogP) is 3.31. The van der Waals surface area contributed by atoms with Crippen LogP contribution in [0.2, 0.25) is 0 Å². The highest BCUT2D eigenvalue weighted by Crippen LogP contribution is 2.18. The molecule has 0 fully saturated rings. The first-order valence-electron chi connectivity index (χ1n) is 4.00. The van der Waals surface area contributed by atoms with Crippen LogP contribution in [0.4, 0.5) is 0 Å². The molecule has 0 spiro atoms. The molecular weight excluding hydrogens is 182 g/mol. The average molecular weight is 191 g/mol. The van der Waals surface area contributed by atoms with Crippen LogP contribution in [0, 0.1) is 11.8 Å². The Morgan fingerprint density at radius 2 is 2.23 bits per heavy atom. The van der Waals surface area contributed by atoms with Gasteiger partial charge in [0.15, 0.2) is 0 Å². The largest absolute Gasteiger partial charge is 0.437 e. The number of aromatic nitrogens is 1. The molecule has 1 aromatic carbocycles. The number of H-pyrrole nitrogens is 1. The number of benzene rings is 1. The number of aromatic amines is 1. The van der Waals surface area contributed by atoms with Crippen LogP contribution >= 0.6 is 12.2 Å². The highest BCUT2D eigenvalue weighted by atomic mass is 32.1. The molecule has 0 atom stereocenters. The molecule has 2 rings (SSSR count). The maximum atomic E-state index is 5.02. The number of oxazole rings is 1. The van der Waals surface area contributed by atoms with Crippen molar-refractivity contribution in [2.24, 2.45) is 0 Å². The molecule has 66 valence electrons. The summed E-state index contributed by atoms with van der Waals surface area (Å²) in [7, 11) is 0. The Kier molecular flexibility index (Phi) is 2.02. The zero-order valence-electron chi connectivity index (χ0n) is 7.20. The molecule has 0 aliphatic heterocycles. The van der Waals surface area contributed by atoms with E-state index in [0.717, 1.165) is 11.3 Å². The van der Waals surface area contributed by atoms with Gasteiger partial charge >= 0.3 is 0 Å². The van der Waals surface area contributed by atoms with Crippen molar-refractivity contribution in [2.45, 2.75) is 6.92 Å². The molecular formula is C10H9NOS. The van der Waals surface area contributed by atoms with E-state index < -0.39 is 0 Å². The van der Waals surface area contributed by atoms with Gasteiger partial charge in [0, 0.05) is 5.56 Å². The maximum Gasteiger partial charge on any atom is 0.266 e. The number of hydrogen-bond donors (Lipinski definition) is 1. The van der Waals surface area contributed by atoms with Gasteiger partial charge in [0.25, 0.3) is 4.84 Å². The van der Waals surface area contributed by atoms with Gasteiger partial charge in [-0.1, -0.05) is 23.8 Å². The zero-order chi connectivity index (χ0) is 9.26. The van der Waals surface area contributed by atoms with Crippen molar-refractivity contribution in [1.82, 2.24) is 4.98 Å². The van der Waals surface area contributed by atoms with Crippen molar-refractivity contribution in [3.63, 3.8) is 0 Å². The van der Waals surface area contributed by atoms with E-state index in [1.807, 2.05) is 12.1 Å². The van der Waals surface area contributed by atoms with Crippen molar-refractivity contribution in [3.05, 3.63) is 40.9 Å². The normalized spacial score (nSPS) is 10.2. The van der Waals surface area contributed by atoms with E-state index in [0.29, 0.717) is 4.84 Å². The zero-order valence-corrected chi connectivity index (χ0v) is 8.02. The highest BCUT2D eigenvalue weighted by molar-refractivity contribution is 7.71. The lowest BCUT2D eigenvalue weighted by molar-refractivity contribution is 0.541. The number of aryl methyl sites for hydroxylation is 1. The van der Waals surface area contributed by atoms with Gasteiger partial charge in [0.05, 0.1) is 5.69 Å². The molecule has 0 saturated carbocycles. The fourth-order valence-electron chi connectivity index (χ4n) is 1.23. The number of nitrogens with one attached hydrogen (secondary N) is 1. The van der Waals surface area contributed by atoms with Crippen molar-refractivity contribution in [1.29, 1.82) is 0 Å². The van der Waals surface area contributed by atoms with Crippen LogP contribution in [0.5, 0.6) is 0 Å². The third-order valence-electron chi connectivity index (χ3n) is 1.85. The minimum Gasteiger partial charge on any atom is -0.437 e. The number of hydrogen-bond acceptors (Lipinski definition) is 2. The predicted molar refractivity (Wildman–Crippen MR) is 54.1 cm³/mol. The molecule has 3 heteroatoms. The third kappa shape index (κ3) is 1.70. The first kappa shape index (κ1) is 8.26. The van der Waals surface area contributed by atoms with Crippen LogP contribution in [-0.4, -0.2) is 4.98 Å². The monoisotopic (exact) mass is 191 g/mol. The van der Waals surface area contributed by atoms with Crippen molar-refractivity contribution < 1.29 is 4.42 Å². The maximum absolute atomic E-state index is 5.02. The van der Waals surface area contributed by atoms with Gasteiger partial charge in [0.1, 0.15) is 6.26 Å². The molecule has 1 N–H and O–H groups in total. The molecule has 13 heavy (non-hydrogen) atoms. The van der Waals surface area contributed by atoms with E-state index in [1.54, 1.807) is 6.26 Å². The van der Waals surface area contributed by atoms with Crippen LogP contribution in [-0.2, 0) is 0 Å². The summed E-state index contributed by atoms with van der Waals surface area (Å²) in [5.74, 6) is 0. The molecule has 1 aromatic heterocycles. The number of rotatable bonds is 1. The lowest BCUT2D eigenvalue weighted by Crippen LogP contribution is -1.78. The summed E-state index contributed by atoms with van der Waals surface area (Å²) in [6, 6.07) is 8.16. The van der Waals surface area contributed by atoms with E-state index in [-0.39, 0.29) is 0 Å². The summed E-state index contributed by atoms with van der Waals surface area (Å²) in [6.45, 7) is 2.05. The molecule has 0 bridgehead atoms. The summed E-state index contributed by atoms with van der Waals surface area (Å²) in [6.07, 6.45) is 1.64. The quantitative estimate of drug-likeness (QED) is 0.700. The van der Waals surface area contributed by atoms with E-state index in [2.05, 4.69) is 24.0 Å². The molecule has 0 aliphatic rings. The second-order valence-corrected chi connectivity index (χ2v) is 3.30. The molecule has 0 aliphatic carbocycles. The average Bonchev–Trinajstić information content (AvgIpc) is 2.52. The van der Waals surface area contributed by atoms with Gasteiger partial charge in [-0.25, -0.2) is 0 Å². The second kappa shape index (κ2) is 3.18. The first-order chi connectivity index (χ1) is 6.25. The molecule has 0 radical (unpaired) electrons. The van der Waals surface area contributed by atoms with Gasteiger partial charge < -0.3 is 9.40 Å². The van der Waals surface area contributed by atoms with Crippen molar-refractivity contribution in [2.75, 3.05) is 0 Å². The van der Waals surface area contributed by atoms with Crippen LogP contribution in [0.3, 0.4) is 0 Å². The smallest absolute Gasteiger partial charge is 0.266 e. The lowest BCUT2D eigenvalue weighted by atomic mass is 10.1. The van der Waals surface area contributed by atoms with Gasteiger partial charge in [-0.15, -0.1) is 0 Å². The van der Waals surface area contributed by atoms with Crippen LogP contribution in [0.1, 0.15) is 5.56 Å². The van der Waals surface area contributed by atoms with Crippen LogP contribution in [0.25, 0.3) is 11.3 Å². The summed E-state index contributed by atoms with van der Waals surface area (Å²) >= 11 is 4.84. The Morgan fingerprint density at radius 1 is 1.38 bits per heavy atom. The summed E-state index contributed by atoms with van der Waals surface area (Å²) in [5, 5.41) is 0. The summed E-state index contributed by atoms with van der Waals surface area (Å²) in [4.78, 5) is 3.38. The van der Waals surface area contributed by atoms with E-state index in [9.17, 15) is 0 Å². The van der Waals surface area contributed by atoms with Gasteiger partial charge in [-0.3, -0.25) is 0 Å². The Bertz CT molecular complexity index is 470. The van der Waals surface area contributed by atoms with Crippen molar-refractivity contribution >= 4 is 12.2 Å². The topological polar surface area (TPSA) is 28.9 Å². The van der Waals surface area contributed by atoms with Crippen molar-refractivity contribution in [3.8, 4) is 11.3 Å². The molecule has 1 heterocycles. The Balaban J connectivity index is 2.52. The highest BCUT2D eigenvalue weighted by Gasteiger charge is 1.99. The molecule has 0 amide bonds. The van der Waals surface area contributed by atoms with Crippen LogP contribution in [0.15, 0.2) is 34.9 Å². The first-order valence-corrected chi connectivity index (χ1v) is 4.41. The van der Waals surface area contributed by atoms with Gasteiger partial charge in [-0.05, 0) is 25.2 Å².